The molecule has 0 saturated heterocycles. The van der Waals surface area contributed by atoms with Gasteiger partial charge in [0.25, 0.3) is 0 Å². The van der Waals surface area contributed by atoms with Crippen molar-refractivity contribution in [1.29, 1.82) is 0 Å². The Labute approximate surface area is 134 Å². The first kappa shape index (κ1) is 20.2. The molecule has 1 aromatic carbocycles. The van der Waals surface area contributed by atoms with Gasteiger partial charge in [-0.15, -0.1) is 0 Å². The lowest BCUT2D eigenvalue weighted by Gasteiger charge is -2.29. The molecule has 0 radical (unpaired) electrons. The van der Waals surface area contributed by atoms with Crippen molar-refractivity contribution in [2.75, 3.05) is 0 Å². The second kappa shape index (κ2) is 10.9. The lowest BCUT2D eigenvalue weighted by atomic mass is 9.75. The van der Waals surface area contributed by atoms with Crippen LogP contribution in [0.3, 0.4) is 0 Å². The molecule has 1 aromatic rings. The summed E-state index contributed by atoms with van der Waals surface area (Å²) in [5.41, 5.74) is 3.25. The zero-order chi connectivity index (χ0) is 16.3. The summed E-state index contributed by atoms with van der Waals surface area (Å²) in [5.74, 6) is 0.898. The van der Waals surface area contributed by atoms with Gasteiger partial charge < -0.3 is 0 Å². The van der Waals surface area contributed by atoms with E-state index in [1.807, 2.05) is 0 Å². The summed E-state index contributed by atoms with van der Waals surface area (Å²) in [7, 11) is 0. The molecule has 0 saturated carbocycles. The maximum atomic E-state index is 2.41. The normalized spacial score (nSPS) is 11.2. The van der Waals surface area contributed by atoms with Gasteiger partial charge in [-0.1, -0.05) is 97.1 Å². The zero-order valence-electron chi connectivity index (χ0n) is 15.6. The third-order valence-corrected chi connectivity index (χ3v) is 4.22. The Morgan fingerprint density at radius 3 is 1.62 bits per heavy atom. The Morgan fingerprint density at radius 2 is 1.33 bits per heavy atom. The highest BCUT2D eigenvalue weighted by Gasteiger charge is 2.24. The highest BCUT2D eigenvalue weighted by atomic mass is 14.3. The lowest BCUT2D eigenvalue weighted by Crippen LogP contribution is -2.21. The molecule has 0 bridgehead atoms. The second-order valence-electron chi connectivity index (χ2n) is 7.11. The van der Waals surface area contributed by atoms with Crippen LogP contribution in [0.25, 0.3) is 0 Å². The number of rotatable bonds is 7. The summed E-state index contributed by atoms with van der Waals surface area (Å²) in [6, 6.07) is 9.08. The number of aryl methyl sites for hydroxylation is 1. The Bertz CT molecular complexity index is 339. The fourth-order valence-electron chi connectivity index (χ4n) is 3.05. The fraction of sp³-hybridized carbons (Fsp3) is 0.714. The van der Waals surface area contributed by atoms with Gasteiger partial charge in [0.05, 0.1) is 0 Å². The standard InChI is InChI=1S/C15H24.C6H14/c1-5-11-15(4,12-6-2)14-9-7-13(3)8-10-14;1-4-5-6(2)3/h7-10H,5-6,11-12H2,1-4H3;6H,4-5H2,1-3H3. The molecule has 0 nitrogen and oxygen atoms in total. The van der Waals surface area contributed by atoms with Crippen LogP contribution in [-0.4, -0.2) is 0 Å². The molecule has 0 fully saturated rings. The molecule has 0 aliphatic heterocycles. The van der Waals surface area contributed by atoms with Gasteiger partial charge in [0.15, 0.2) is 0 Å². The number of hydrogen-bond donors (Lipinski definition) is 0. The van der Waals surface area contributed by atoms with Crippen molar-refractivity contribution >= 4 is 0 Å². The minimum Gasteiger partial charge on any atom is -0.0654 e. The maximum absolute atomic E-state index is 2.41. The molecule has 0 atom stereocenters. The quantitative estimate of drug-likeness (QED) is 0.494. The molecule has 21 heavy (non-hydrogen) atoms. The molecular formula is C21H38. The van der Waals surface area contributed by atoms with Gasteiger partial charge in [-0.2, -0.15) is 0 Å². The van der Waals surface area contributed by atoms with E-state index in [-0.39, 0.29) is 0 Å². The Kier molecular flexibility index (Phi) is 10.5. The molecular weight excluding hydrogens is 252 g/mol. The molecule has 0 aromatic heterocycles. The predicted octanol–water partition coefficient (Wildman–Crippen LogP) is 7.30. The lowest BCUT2D eigenvalue weighted by molar-refractivity contribution is 0.392. The monoisotopic (exact) mass is 290 g/mol. The van der Waals surface area contributed by atoms with Gasteiger partial charge in [0.2, 0.25) is 0 Å². The van der Waals surface area contributed by atoms with Crippen LogP contribution in [0.5, 0.6) is 0 Å². The molecule has 122 valence electrons. The Balaban J connectivity index is 0.000000567. The van der Waals surface area contributed by atoms with E-state index in [2.05, 4.69) is 72.7 Å². The molecule has 0 unspecified atom stereocenters. The average molecular weight is 291 g/mol. The Hall–Kier alpha value is -0.780. The molecule has 0 heteroatoms. The van der Waals surface area contributed by atoms with Gasteiger partial charge in [0.1, 0.15) is 0 Å². The first-order valence-electron chi connectivity index (χ1n) is 8.96. The van der Waals surface area contributed by atoms with Crippen LogP contribution in [0.2, 0.25) is 0 Å². The summed E-state index contributed by atoms with van der Waals surface area (Å²) >= 11 is 0. The second-order valence-corrected chi connectivity index (χ2v) is 7.11. The van der Waals surface area contributed by atoms with E-state index in [1.54, 1.807) is 0 Å². The van der Waals surface area contributed by atoms with E-state index >= 15 is 0 Å². The van der Waals surface area contributed by atoms with Crippen molar-refractivity contribution in [1.82, 2.24) is 0 Å². The van der Waals surface area contributed by atoms with Crippen molar-refractivity contribution in [3.05, 3.63) is 35.4 Å². The molecule has 0 amide bonds. The highest BCUT2D eigenvalue weighted by molar-refractivity contribution is 5.28. The van der Waals surface area contributed by atoms with Crippen molar-refractivity contribution in [2.45, 2.75) is 92.4 Å². The van der Waals surface area contributed by atoms with Crippen LogP contribution in [0.1, 0.15) is 91.2 Å². The van der Waals surface area contributed by atoms with Crippen molar-refractivity contribution in [3.63, 3.8) is 0 Å². The maximum Gasteiger partial charge on any atom is -0.00754 e. The van der Waals surface area contributed by atoms with Crippen molar-refractivity contribution in [2.24, 2.45) is 5.92 Å². The summed E-state index contributed by atoms with van der Waals surface area (Å²) in [4.78, 5) is 0. The van der Waals surface area contributed by atoms with E-state index in [1.165, 1.54) is 49.7 Å². The molecule has 0 heterocycles. The topological polar surface area (TPSA) is 0 Å². The SMILES string of the molecule is CCCC(C)(CCC)c1ccc(C)cc1.CCCC(C)C. The molecule has 0 spiro atoms. The third kappa shape index (κ3) is 8.29. The van der Waals surface area contributed by atoms with Crippen LogP contribution < -0.4 is 0 Å². The minimum absolute atomic E-state index is 0.386. The van der Waals surface area contributed by atoms with Crippen LogP contribution in [0.15, 0.2) is 24.3 Å². The molecule has 0 aliphatic rings. The number of benzene rings is 1. The first-order chi connectivity index (χ1) is 9.89. The third-order valence-electron chi connectivity index (χ3n) is 4.22. The van der Waals surface area contributed by atoms with Crippen LogP contribution in [0, 0.1) is 12.8 Å². The summed E-state index contributed by atoms with van der Waals surface area (Å²) in [6.07, 6.45) is 7.83. The van der Waals surface area contributed by atoms with E-state index in [4.69, 9.17) is 0 Å². The van der Waals surface area contributed by atoms with Crippen molar-refractivity contribution < 1.29 is 0 Å². The van der Waals surface area contributed by atoms with Crippen LogP contribution in [-0.2, 0) is 5.41 Å². The predicted molar refractivity (Wildman–Crippen MR) is 98.1 cm³/mol. The average Bonchev–Trinajstić information content (AvgIpc) is 2.40. The van der Waals surface area contributed by atoms with E-state index in [0.29, 0.717) is 5.41 Å². The van der Waals surface area contributed by atoms with E-state index in [0.717, 1.165) is 5.92 Å². The zero-order valence-corrected chi connectivity index (χ0v) is 15.6. The molecule has 0 aliphatic carbocycles. The van der Waals surface area contributed by atoms with Gasteiger partial charge in [-0.05, 0) is 36.7 Å². The number of hydrogen-bond acceptors (Lipinski definition) is 0. The fourth-order valence-corrected chi connectivity index (χ4v) is 3.05. The van der Waals surface area contributed by atoms with Crippen LogP contribution in [0.4, 0.5) is 0 Å². The van der Waals surface area contributed by atoms with Crippen LogP contribution >= 0.6 is 0 Å². The van der Waals surface area contributed by atoms with Gasteiger partial charge in [-0.3, -0.25) is 0 Å². The smallest absolute Gasteiger partial charge is 0.00754 e. The summed E-state index contributed by atoms with van der Waals surface area (Å²) in [6.45, 7) is 15.8. The molecule has 1 rings (SSSR count). The summed E-state index contributed by atoms with van der Waals surface area (Å²) < 4.78 is 0. The van der Waals surface area contributed by atoms with Gasteiger partial charge >= 0.3 is 0 Å². The molecule has 0 N–H and O–H groups in total. The van der Waals surface area contributed by atoms with Crippen molar-refractivity contribution in [3.8, 4) is 0 Å². The van der Waals surface area contributed by atoms with Gasteiger partial charge in [0, 0.05) is 0 Å². The highest BCUT2D eigenvalue weighted by Crippen LogP contribution is 2.33. The largest absolute Gasteiger partial charge is 0.0654 e. The van der Waals surface area contributed by atoms with Gasteiger partial charge in [-0.25, -0.2) is 0 Å². The van der Waals surface area contributed by atoms with E-state index in [9.17, 15) is 0 Å². The Morgan fingerprint density at radius 1 is 0.857 bits per heavy atom. The summed E-state index contributed by atoms with van der Waals surface area (Å²) in [5, 5.41) is 0. The van der Waals surface area contributed by atoms with E-state index < -0.39 is 0 Å². The first-order valence-corrected chi connectivity index (χ1v) is 8.96. The minimum atomic E-state index is 0.386.